The van der Waals surface area contributed by atoms with Gasteiger partial charge >= 0.3 is 0 Å². The number of carbonyl (C=O) groups excluding carboxylic acids is 1. The Labute approximate surface area is 131 Å². The number of carbonyl (C=O) groups is 1. The standard InChI is InChI=1S/C17H15BrN2O/c1-11(12-5-3-2-4-6-12)19-17(21)16-10-13-9-14(18)7-8-15(13)20-16/h2-11,20H,1H3,(H,19,21)/t11-/m1/s1. The Balaban J connectivity index is 1.80. The average Bonchev–Trinajstić information content (AvgIpc) is 2.91. The quantitative estimate of drug-likeness (QED) is 0.726. The number of aromatic nitrogens is 1. The number of H-pyrrole nitrogens is 1. The van der Waals surface area contributed by atoms with Crippen molar-refractivity contribution in [2.24, 2.45) is 0 Å². The van der Waals surface area contributed by atoms with Crippen LogP contribution in [0.5, 0.6) is 0 Å². The molecule has 3 aromatic rings. The van der Waals surface area contributed by atoms with Crippen LogP contribution in [0.2, 0.25) is 0 Å². The second-order valence-electron chi connectivity index (χ2n) is 5.02. The number of nitrogens with one attached hydrogen (secondary N) is 2. The van der Waals surface area contributed by atoms with Gasteiger partial charge in [0.25, 0.3) is 5.91 Å². The van der Waals surface area contributed by atoms with Crippen molar-refractivity contribution in [2.75, 3.05) is 0 Å². The first-order valence-corrected chi connectivity index (χ1v) is 7.57. The Bertz CT molecular complexity index is 780. The molecule has 1 atom stereocenters. The number of amides is 1. The van der Waals surface area contributed by atoms with Crippen LogP contribution in [-0.4, -0.2) is 10.9 Å². The van der Waals surface area contributed by atoms with Crippen LogP contribution in [0.4, 0.5) is 0 Å². The highest BCUT2D eigenvalue weighted by Crippen LogP contribution is 2.21. The van der Waals surface area contributed by atoms with Gasteiger partial charge < -0.3 is 10.3 Å². The van der Waals surface area contributed by atoms with Crippen LogP contribution < -0.4 is 5.32 Å². The van der Waals surface area contributed by atoms with Gasteiger partial charge in [-0.3, -0.25) is 4.79 Å². The van der Waals surface area contributed by atoms with Gasteiger partial charge in [0.15, 0.2) is 0 Å². The van der Waals surface area contributed by atoms with Crippen molar-refractivity contribution >= 4 is 32.7 Å². The summed E-state index contributed by atoms with van der Waals surface area (Å²) in [4.78, 5) is 15.5. The van der Waals surface area contributed by atoms with E-state index < -0.39 is 0 Å². The molecule has 3 nitrogen and oxygen atoms in total. The second-order valence-corrected chi connectivity index (χ2v) is 5.94. The van der Waals surface area contributed by atoms with Crippen LogP contribution in [0.3, 0.4) is 0 Å². The molecule has 0 unspecified atom stereocenters. The van der Waals surface area contributed by atoms with Gasteiger partial charge in [-0.15, -0.1) is 0 Å². The fourth-order valence-electron chi connectivity index (χ4n) is 2.33. The summed E-state index contributed by atoms with van der Waals surface area (Å²) in [5.41, 5.74) is 2.62. The first-order chi connectivity index (χ1) is 10.1. The van der Waals surface area contributed by atoms with Gasteiger partial charge in [0.1, 0.15) is 5.69 Å². The van der Waals surface area contributed by atoms with E-state index in [0.29, 0.717) is 5.69 Å². The van der Waals surface area contributed by atoms with Crippen LogP contribution >= 0.6 is 15.9 Å². The largest absolute Gasteiger partial charge is 0.351 e. The number of hydrogen-bond donors (Lipinski definition) is 2. The van der Waals surface area contributed by atoms with Crippen molar-refractivity contribution in [1.29, 1.82) is 0 Å². The van der Waals surface area contributed by atoms with Crippen LogP contribution in [0.25, 0.3) is 10.9 Å². The zero-order valence-corrected chi connectivity index (χ0v) is 13.1. The van der Waals surface area contributed by atoms with Gasteiger partial charge in [0, 0.05) is 15.4 Å². The molecule has 106 valence electrons. The number of halogens is 1. The minimum absolute atomic E-state index is 0.0307. The predicted molar refractivity (Wildman–Crippen MR) is 88.3 cm³/mol. The maximum Gasteiger partial charge on any atom is 0.268 e. The van der Waals surface area contributed by atoms with E-state index in [1.807, 2.05) is 61.5 Å². The lowest BCUT2D eigenvalue weighted by Crippen LogP contribution is -2.26. The predicted octanol–water partition coefficient (Wildman–Crippen LogP) is 4.42. The topological polar surface area (TPSA) is 44.9 Å². The van der Waals surface area contributed by atoms with Gasteiger partial charge in [0.05, 0.1) is 6.04 Å². The van der Waals surface area contributed by atoms with Gasteiger partial charge in [-0.2, -0.15) is 0 Å². The molecule has 0 spiro atoms. The smallest absolute Gasteiger partial charge is 0.268 e. The molecule has 0 aliphatic heterocycles. The van der Waals surface area contributed by atoms with Crippen molar-refractivity contribution in [2.45, 2.75) is 13.0 Å². The molecule has 2 N–H and O–H groups in total. The summed E-state index contributed by atoms with van der Waals surface area (Å²) in [5.74, 6) is -0.0984. The molecule has 0 radical (unpaired) electrons. The van der Waals surface area contributed by atoms with Crippen LogP contribution in [0.15, 0.2) is 59.1 Å². The number of hydrogen-bond acceptors (Lipinski definition) is 1. The van der Waals surface area contributed by atoms with E-state index in [4.69, 9.17) is 0 Å². The van der Waals surface area contributed by atoms with E-state index in [1.165, 1.54) is 0 Å². The molecular weight excluding hydrogens is 328 g/mol. The van der Waals surface area contributed by atoms with Gasteiger partial charge in [-0.1, -0.05) is 46.3 Å². The van der Waals surface area contributed by atoms with Crippen molar-refractivity contribution in [1.82, 2.24) is 10.3 Å². The van der Waals surface area contributed by atoms with Gasteiger partial charge in [-0.05, 0) is 36.8 Å². The normalized spacial score (nSPS) is 12.3. The Morgan fingerprint density at radius 2 is 1.90 bits per heavy atom. The monoisotopic (exact) mass is 342 g/mol. The highest BCUT2D eigenvalue weighted by molar-refractivity contribution is 9.10. The van der Waals surface area contributed by atoms with E-state index in [9.17, 15) is 4.79 Å². The molecule has 0 aliphatic carbocycles. The van der Waals surface area contributed by atoms with E-state index in [2.05, 4.69) is 26.2 Å². The number of aromatic amines is 1. The molecule has 3 rings (SSSR count). The molecule has 1 amide bonds. The maximum atomic E-state index is 12.3. The van der Waals surface area contributed by atoms with Crippen molar-refractivity contribution in [3.8, 4) is 0 Å². The van der Waals surface area contributed by atoms with Crippen LogP contribution in [0, 0.1) is 0 Å². The Morgan fingerprint density at radius 1 is 1.14 bits per heavy atom. The molecular formula is C17H15BrN2O. The molecule has 0 saturated heterocycles. The number of benzene rings is 2. The summed E-state index contributed by atoms with van der Waals surface area (Å²) in [5, 5.41) is 4.02. The summed E-state index contributed by atoms with van der Waals surface area (Å²) < 4.78 is 0.999. The summed E-state index contributed by atoms with van der Waals surface area (Å²) in [7, 11) is 0. The third kappa shape index (κ3) is 3.00. The molecule has 0 saturated carbocycles. The minimum atomic E-state index is -0.0984. The molecule has 0 bridgehead atoms. The highest BCUT2D eigenvalue weighted by atomic mass is 79.9. The summed E-state index contributed by atoms with van der Waals surface area (Å²) >= 11 is 3.44. The molecule has 1 heterocycles. The third-order valence-electron chi connectivity index (χ3n) is 3.47. The van der Waals surface area contributed by atoms with E-state index in [1.54, 1.807) is 0 Å². The van der Waals surface area contributed by atoms with Gasteiger partial charge in [0.2, 0.25) is 0 Å². The molecule has 1 aromatic heterocycles. The SMILES string of the molecule is C[C@@H](NC(=O)c1cc2cc(Br)ccc2[nH]1)c1ccccc1. The van der Waals surface area contributed by atoms with Gasteiger partial charge in [-0.25, -0.2) is 0 Å². The third-order valence-corrected chi connectivity index (χ3v) is 3.97. The van der Waals surface area contributed by atoms with Crippen LogP contribution in [0.1, 0.15) is 29.0 Å². The fraction of sp³-hybridized carbons (Fsp3) is 0.118. The number of fused-ring (bicyclic) bond motifs is 1. The van der Waals surface area contributed by atoms with E-state index >= 15 is 0 Å². The Kier molecular flexibility index (Phi) is 3.80. The number of rotatable bonds is 3. The van der Waals surface area contributed by atoms with Crippen LogP contribution in [-0.2, 0) is 0 Å². The highest BCUT2D eigenvalue weighted by Gasteiger charge is 2.13. The zero-order valence-electron chi connectivity index (χ0n) is 11.6. The summed E-state index contributed by atoms with van der Waals surface area (Å²) in [6.07, 6.45) is 0. The Morgan fingerprint density at radius 3 is 2.67 bits per heavy atom. The van der Waals surface area contributed by atoms with E-state index in [-0.39, 0.29) is 11.9 Å². The molecule has 21 heavy (non-hydrogen) atoms. The summed E-state index contributed by atoms with van der Waals surface area (Å²) in [6.45, 7) is 1.98. The summed E-state index contributed by atoms with van der Waals surface area (Å²) in [6, 6.07) is 17.7. The van der Waals surface area contributed by atoms with E-state index in [0.717, 1.165) is 20.9 Å². The molecule has 0 fully saturated rings. The lowest BCUT2D eigenvalue weighted by molar-refractivity contribution is 0.0935. The lowest BCUT2D eigenvalue weighted by atomic mass is 10.1. The van der Waals surface area contributed by atoms with Crippen molar-refractivity contribution in [3.63, 3.8) is 0 Å². The molecule has 0 aliphatic rings. The van der Waals surface area contributed by atoms with Crippen molar-refractivity contribution < 1.29 is 4.79 Å². The minimum Gasteiger partial charge on any atom is -0.351 e. The molecule has 2 aromatic carbocycles. The lowest BCUT2D eigenvalue weighted by Gasteiger charge is -2.13. The maximum absolute atomic E-state index is 12.3. The average molecular weight is 343 g/mol. The molecule has 4 heteroatoms. The fourth-order valence-corrected chi connectivity index (χ4v) is 2.70. The first kappa shape index (κ1) is 13.9. The zero-order chi connectivity index (χ0) is 14.8. The Hall–Kier alpha value is -2.07. The van der Waals surface area contributed by atoms with Crippen molar-refractivity contribution in [3.05, 3.63) is 70.3 Å². The first-order valence-electron chi connectivity index (χ1n) is 6.77. The second kappa shape index (κ2) is 5.74.